The molecule has 0 aliphatic heterocycles. The summed E-state index contributed by atoms with van der Waals surface area (Å²) in [5.74, 6) is -1.14. The van der Waals surface area contributed by atoms with Gasteiger partial charge in [0.05, 0.1) is 16.3 Å². The average Bonchev–Trinajstić information content (AvgIpc) is 2.18. The van der Waals surface area contributed by atoms with E-state index in [2.05, 4.69) is 5.32 Å². The minimum Gasteiger partial charge on any atom is -0.478 e. The van der Waals surface area contributed by atoms with Crippen LogP contribution in [0, 0.1) is 0 Å². The highest BCUT2D eigenvalue weighted by atomic mass is 35.5. The van der Waals surface area contributed by atoms with Crippen molar-refractivity contribution in [2.45, 2.75) is 6.54 Å². The normalized spacial score (nSPS) is 10.3. The predicted octanol–water partition coefficient (Wildman–Crippen LogP) is 0.922. The van der Waals surface area contributed by atoms with Crippen molar-refractivity contribution in [1.29, 1.82) is 0 Å². The Morgan fingerprint density at radius 1 is 1.60 bits per heavy atom. The Labute approximate surface area is 92.0 Å². The lowest BCUT2D eigenvalue weighted by atomic mass is 10.1. The molecule has 5 nitrogen and oxygen atoms in total. The molecule has 1 aromatic carbocycles. The predicted molar refractivity (Wildman–Crippen MR) is 60.0 cm³/mol. The monoisotopic (exact) mass is 229 g/mol. The fourth-order valence-corrected chi connectivity index (χ4v) is 1.54. The highest BCUT2D eigenvalue weighted by Crippen LogP contribution is 2.31. The second kappa shape index (κ2) is 4.37. The minimum absolute atomic E-state index is 0.0450. The van der Waals surface area contributed by atoms with Gasteiger partial charge in [-0.05, 0) is 13.1 Å². The number of hydrogen-bond acceptors (Lipinski definition) is 4. The summed E-state index contributed by atoms with van der Waals surface area (Å²) in [4.78, 5) is 10.8. The number of nitrogens with two attached hydrogens (primary N) is 2. The largest absolute Gasteiger partial charge is 0.478 e. The van der Waals surface area contributed by atoms with Gasteiger partial charge >= 0.3 is 5.97 Å². The molecule has 6 heteroatoms. The smallest absolute Gasteiger partial charge is 0.337 e. The van der Waals surface area contributed by atoms with Crippen LogP contribution < -0.4 is 16.8 Å². The summed E-state index contributed by atoms with van der Waals surface area (Å²) < 4.78 is 0. The van der Waals surface area contributed by atoms with Crippen LogP contribution in [0.25, 0.3) is 0 Å². The third kappa shape index (κ3) is 2.14. The third-order valence-corrected chi connectivity index (χ3v) is 2.46. The molecular weight excluding hydrogens is 218 g/mol. The molecule has 0 spiro atoms. The third-order valence-electron chi connectivity index (χ3n) is 2.02. The van der Waals surface area contributed by atoms with E-state index in [1.807, 2.05) is 0 Å². The van der Waals surface area contributed by atoms with E-state index >= 15 is 0 Å². The van der Waals surface area contributed by atoms with Crippen LogP contribution in [0.4, 0.5) is 11.4 Å². The van der Waals surface area contributed by atoms with Gasteiger partial charge in [-0.2, -0.15) is 0 Å². The lowest BCUT2D eigenvalue weighted by Crippen LogP contribution is -2.12. The SMILES string of the molecule is CNCc1c(N)cc(C(=O)O)c(N)c1Cl. The number of carbonyl (C=O) groups is 1. The molecule has 0 amide bonds. The average molecular weight is 230 g/mol. The Morgan fingerprint density at radius 3 is 2.67 bits per heavy atom. The van der Waals surface area contributed by atoms with E-state index in [1.54, 1.807) is 7.05 Å². The first-order valence-electron chi connectivity index (χ1n) is 4.23. The molecule has 0 saturated heterocycles. The Hall–Kier alpha value is -1.46. The van der Waals surface area contributed by atoms with Gasteiger partial charge in [-0.15, -0.1) is 0 Å². The quantitative estimate of drug-likeness (QED) is 0.578. The molecule has 0 aliphatic carbocycles. The van der Waals surface area contributed by atoms with Crippen LogP contribution in [0.1, 0.15) is 15.9 Å². The van der Waals surface area contributed by atoms with Gasteiger partial charge in [-0.25, -0.2) is 4.79 Å². The van der Waals surface area contributed by atoms with Crippen molar-refractivity contribution in [2.75, 3.05) is 18.5 Å². The van der Waals surface area contributed by atoms with Gasteiger partial charge in [0.15, 0.2) is 0 Å². The van der Waals surface area contributed by atoms with Gasteiger partial charge in [0.25, 0.3) is 0 Å². The number of anilines is 2. The molecule has 0 radical (unpaired) electrons. The molecule has 6 N–H and O–H groups in total. The Bertz CT molecular complexity index is 407. The maximum Gasteiger partial charge on any atom is 0.337 e. The van der Waals surface area contributed by atoms with Crippen molar-refractivity contribution in [3.8, 4) is 0 Å². The highest BCUT2D eigenvalue weighted by molar-refractivity contribution is 6.35. The first-order valence-corrected chi connectivity index (χ1v) is 4.61. The molecule has 0 saturated carbocycles. The Kier molecular flexibility index (Phi) is 3.39. The summed E-state index contributed by atoms with van der Waals surface area (Å²) in [6, 6.07) is 1.32. The molecule has 0 heterocycles. The van der Waals surface area contributed by atoms with Gasteiger partial charge in [-0.3, -0.25) is 0 Å². The van der Waals surface area contributed by atoms with Gasteiger partial charge < -0.3 is 21.9 Å². The molecule has 0 atom stereocenters. The molecular formula is C9H12ClN3O2. The summed E-state index contributed by atoms with van der Waals surface area (Å²) in [6.45, 7) is 0.439. The molecule has 0 aliphatic rings. The fourth-order valence-electron chi connectivity index (χ4n) is 1.26. The number of carboxylic acid groups (broad SMARTS) is 1. The second-order valence-corrected chi connectivity index (χ2v) is 3.43. The van der Waals surface area contributed by atoms with Crippen molar-refractivity contribution in [1.82, 2.24) is 5.32 Å². The molecule has 15 heavy (non-hydrogen) atoms. The summed E-state index contributed by atoms with van der Waals surface area (Å²) >= 11 is 5.92. The molecule has 1 rings (SSSR count). The van der Waals surface area contributed by atoms with Crippen molar-refractivity contribution in [2.24, 2.45) is 0 Å². The number of halogens is 1. The van der Waals surface area contributed by atoms with Gasteiger partial charge in [-0.1, -0.05) is 11.6 Å². The summed E-state index contributed by atoms with van der Waals surface area (Å²) in [5.41, 5.74) is 12.2. The molecule has 0 fully saturated rings. The zero-order chi connectivity index (χ0) is 11.6. The van der Waals surface area contributed by atoms with Crippen LogP contribution in [0.2, 0.25) is 5.02 Å². The van der Waals surface area contributed by atoms with Gasteiger partial charge in [0, 0.05) is 17.8 Å². The van der Waals surface area contributed by atoms with Crippen LogP contribution in [0.15, 0.2) is 6.07 Å². The van der Waals surface area contributed by atoms with Crippen LogP contribution in [0.3, 0.4) is 0 Å². The second-order valence-electron chi connectivity index (χ2n) is 3.06. The summed E-state index contributed by atoms with van der Waals surface area (Å²) in [6.07, 6.45) is 0. The molecule has 0 bridgehead atoms. The van der Waals surface area contributed by atoms with E-state index < -0.39 is 5.97 Å². The number of hydrogen-bond donors (Lipinski definition) is 4. The number of carboxylic acids is 1. The first kappa shape index (κ1) is 11.6. The number of aromatic carboxylic acids is 1. The summed E-state index contributed by atoms with van der Waals surface area (Å²) in [7, 11) is 1.73. The van der Waals surface area contributed by atoms with E-state index in [0.29, 0.717) is 17.8 Å². The van der Waals surface area contributed by atoms with Crippen molar-refractivity contribution >= 4 is 28.9 Å². The van der Waals surface area contributed by atoms with Gasteiger partial charge in [0.2, 0.25) is 0 Å². The van der Waals surface area contributed by atoms with Gasteiger partial charge in [0.1, 0.15) is 0 Å². The zero-order valence-corrected chi connectivity index (χ0v) is 8.93. The lowest BCUT2D eigenvalue weighted by molar-refractivity contribution is 0.0698. The highest BCUT2D eigenvalue weighted by Gasteiger charge is 2.16. The van der Waals surface area contributed by atoms with E-state index in [0.717, 1.165) is 0 Å². The van der Waals surface area contributed by atoms with Crippen LogP contribution in [-0.2, 0) is 6.54 Å². The number of rotatable bonds is 3. The first-order chi connectivity index (χ1) is 6.99. The van der Waals surface area contributed by atoms with E-state index in [1.165, 1.54) is 6.07 Å². The van der Waals surface area contributed by atoms with Crippen molar-refractivity contribution < 1.29 is 9.90 Å². The number of nitrogen functional groups attached to an aromatic ring is 2. The van der Waals surface area contributed by atoms with Crippen LogP contribution >= 0.6 is 11.6 Å². The zero-order valence-electron chi connectivity index (χ0n) is 8.17. The Morgan fingerprint density at radius 2 is 2.20 bits per heavy atom. The topological polar surface area (TPSA) is 101 Å². The van der Waals surface area contributed by atoms with Crippen LogP contribution in [-0.4, -0.2) is 18.1 Å². The van der Waals surface area contributed by atoms with E-state index in [4.69, 9.17) is 28.2 Å². The molecule has 82 valence electrons. The number of benzene rings is 1. The summed E-state index contributed by atoms with van der Waals surface area (Å²) in [5, 5.41) is 11.9. The molecule has 1 aromatic rings. The molecule has 0 aromatic heterocycles. The van der Waals surface area contributed by atoms with E-state index in [9.17, 15) is 4.79 Å². The standard InChI is InChI=1S/C9H12ClN3O2/c1-13-3-5-6(11)2-4(9(14)15)8(12)7(5)10/h2,13H,3,11-12H2,1H3,(H,14,15). The fraction of sp³-hybridized carbons (Fsp3) is 0.222. The minimum atomic E-state index is -1.14. The van der Waals surface area contributed by atoms with Crippen molar-refractivity contribution in [3.05, 3.63) is 22.2 Å². The maximum atomic E-state index is 10.8. The van der Waals surface area contributed by atoms with Crippen LogP contribution in [0.5, 0.6) is 0 Å². The lowest BCUT2D eigenvalue weighted by Gasteiger charge is -2.12. The van der Waals surface area contributed by atoms with E-state index in [-0.39, 0.29) is 16.3 Å². The molecule has 0 unspecified atom stereocenters. The van der Waals surface area contributed by atoms with Crippen molar-refractivity contribution in [3.63, 3.8) is 0 Å². The Balaban J connectivity index is 3.37. The maximum absolute atomic E-state index is 10.8. The number of nitrogens with one attached hydrogen (secondary N) is 1.